The van der Waals surface area contributed by atoms with Crippen molar-refractivity contribution in [2.24, 2.45) is 0 Å². The van der Waals surface area contributed by atoms with Crippen molar-refractivity contribution in [3.8, 4) is 0 Å². The minimum atomic E-state index is -0.252. The van der Waals surface area contributed by atoms with E-state index in [0.717, 1.165) is 18.6 Å². The maximum atomic E-state index is 9.50. The fourth-order valence-electron chi connectivity index (χ4n) is 1.39. The average Bonchev–Trinajstić information content (AvgIpc) is 2.67. The molecule has 0 aliphatic carbocycles. The van der Waals surface area contributed by atoms with Gasteiger partial charge in [0, 0.05) is 6.54 Å². The van der Waals surface area contributed by atoms with Gasteiger partial charge in [0.2, 0.25) is 0 Å². The second kappa shape index (κ2) is 5.83. The third-order valence-electron chi connectivity index (χ3n) is 2.25. The van der Waals surface area contributed by atoms with Crippen LogP contribution in [0, 0.1) is 0 Å². The molecule has 0 aromatic carbocycles. The van der Waals surface area contributed by atoms with Gasteiger partial charge in [0.1, 0.15) is 5.76 Å². The van der Waals surface area contributed by atoms with Crippen LogP contribution >= 0.6 is 0 Å². The molecule has 0 saturated carbocycles. The van der Waals surface area contributed by atoms with E-state index in [-0.39, 0.29) is 12.1 Å². The van der Waals surface area contributed by atoms with Gasteiger partial charge in [0.05, 0.1) is 18.4 Å². The van der Waals surface area contributed by atoms with Crippen LogP contribution in [0.1, 0.15) is 38.5 Å². The predicted octanol–water partition coefficient (Wildman–Crippen LogP) is 2.09. The van der Waals surface area contributed by atoms with Crippen LogP contribution < -0.4 is 5.32 Å². The van der Waals surface area contributed by atoms with Gasteiger partial charge >= 0.3 is 0 Å². The summed E-state index contributed by atoms with van der Waals surface area (Å²) in [6.45, 7) is 4.71. The van der Waals surface area contributed by atoms with Gasteiger partial charge in [0.15, 0.2) is 0 Å². The summed E-state index contributed by atoms with van der Waals surface area (Å²) >= 11 is 0. The summed E-state index contributed by atoms with van der Waals surface area (Å²) in [4.78, 5) is 0. The molecule has 80 valence electrons. The first-order valence-corrected chi connectivity index (χ1v) is 5.19. The first kappa shape index (κ1) is 11.3. The first-order valence-electron chi connectivity index (χ1n) is 5.19. The molecule has 2 unspecified atom stereocenters. The molecule has 0 aliphatic heterocycles. The first-order chi connectivity index (χ1) is 6.74. The van der Waals surface area contributed by atoms with E-state index in [1.54, 1.807) is 6.26 Å². The van der Waals surface area contributed by atoms with Crippen LogP contribution in [-0.2, 0) is 0 Å². The fraction of sp³-hybridized carbons (Fsp3) is 0.636. The molecule has 3 heteroatoms. The van der Waals surface area contributed by atoms with Gasteiger partial charge in [-0.2, -0.15) is 0 Å². The lowest BCUT2D eigenvalue weighted by Gasteiger charge is -2.14. The molecule has 2 atom stereocenters. The highest BCUT2D eigenvalue weighted by Crippen LogP contribution is 2.12. The van der Waals surface area contributed by atoms with E-state index in [9.17, 15) is 5.11 Å². The standard InChI is InChI=1S/C11H19NO2/c1-3-5-10(13)8-12-9(2)11-6-4-7-14-11/h4,6-7,9-10,12-13H,3,5,8H2,1-2H3. The van der Waals surface area contributed by atoms with Crippen LogP contribution in [0.5, 0.6) is 0 Å². The summed E-state index contributed by atoms with van der Waals surface area (Å²) in [5.74, 6) is 0.911. The van der Waals surface area contributed by atoms with Gasteiger partial charge in [-0.05, 0) is 25.5 Å². The Morgan fingerprint density at radius 1 is 1.57 bits per heavy atom. The van der Waals surface area contributed by atoms with E-state index < -0.39 is 0 Å². The average molecular weight is 197 g/mol. The van der Waals surface area contributed by atoms with Gasteiger partial charge < -0.3 is 14.8 Å². The van der Waals surface area contributed by atoms with Crippen molar-refractivity contribution in [1.29, 1.82) is 0 Å². The van der Waals surface area contributed by atoms with Crippen LogP contribution in [0.2, 0.25) is 0 Å². The van der Waals surface area contributed by atoms with Crippen molar-refractivity contribution >= 4 is 0 Å². The Morgan fingerprint density at radius 2 is 2.36 bits per heavy atom. The summed E-state index contributed by atoms with van der Waals surface area (Å²) < 4.78 is 5.24. The molecule has 14 heavy (non-hydrogen) atoms. The number of aliphatic hydroxyl groups excluding tert-OH is 1. The second-order valence-corrected chi connectivity index (χ2v) is 3.59. The van der Waals surface area contributed by atoms with Crippen LogP contribution in [0.4, 0.5) is 0 Å². The molecule has 0 bridgehead atoms. The quantitative estimate of drug-likeness (QED) is 0.734. The Hall–Kier alpha value is -0.800. The van der Waals surface area contributed by atoms with E-state index in [4.69, 9.17) is 4.42 Å². The van der Waals surface area contributed by atoms with E-state index in [1.165, 1.54) is 0 Å². The Morgan fingerprint density at radius 3 is 2.93 bits per heavy atom. The maximum absolute atomic E-state index is 9.50. The largest absolute Gasteiger partial charge is 0.468 e. The molecule has 1 aromatic heterocycles. The molecular weight excluding hydrogens is 178 g/mol. The monoisotopic (exact) mass is 197 g/mol. The normalized spacial score (nSPS) is 15.4. The third kappa shape index (κ3) is 3.52. The highest BCUT2D eigenvalue weighted by Gasteiger charge is 2.09. The Labute approximate surface area is 85.1 Å². The van der Waals surface area contributed by atoms with Crippen LogP contribution in [-0.4, -0.2) is 17.8 Å². The zero-order valence-electron chi connectivity index (χ0n) is 8.86. The fourth-order valence-corrected chi connectivity index (χ4v) is 1.39. The van der Waals surface area contributed by atoms with Crippen molar-refractivity contribution in [2.45, 2.75) is 38.8 Å². The van der Waals surface area contributed by atoms with Crippen molar-refractivity contribution in [2.75, 3.05) is 6.54 Å². The van der Waals surface area contributed by atoms with Gasteiger partial charge in [-0.25, -0.2) is 0 Å². The second-order valence-electron chi connectivity index (χ2n) is 3.59. The summed E-state index contributed by atoms with van der Waals surface area (Å²) in [5.41, 5.74) is 0. The molecule has 1 rings (SSSR count). The molecule has 1 heterocycles. The minimum absolute atomic E-state index is 0.163. The maximum Gasteiger partial charge on any atom is 0.120 e. The lowest BCUT2D eigenvalue weighted by Crippen LogP contribution is -2.28. The summed E-state index contributed by atoms with van der Waals surface area (Å²) in [7, 11) is 0. The number of rotatable bonds is 6. The van der Waals surface area contributed by atoms with Crippen molar-refractivity contribution < 1.29 is 9.52 Å². The van der Waals surface area contributed by atoms with E-state index in [1.807, 2.05) is 19.1 Å². The molecule has 3 nitrogen and oxygen atoms in total. The molecule has 0 amide bonds. The number of furan rings is 1. The number of hydrogen-bond acceptors (Lipinski definition) is 3. The molecule has 0 saturated heterocycles. The Balaban J connectivity index is 2.24. The van der Waals surface area contributed by atoms with Crippen LogP contribution in [0.15, 0.2) is 22.8 Å². The smallest absolute Gasteiger partial charge is 0.120 e. The van der Waals surface area contributed by atoms with E-state index >= 15 is 0 Å². The Kier molecular flexibility index (Phi) is 4.70. The van der Waals surface area contributed by atoms with Crippen LogP contribution in [0.25, 0.3) is 0 Å². The SMILES string of the molecule is CCCC(O)CNC(C)c1ccco1. The third-order valence-corrected chi connectivity index (χ3v) is 2.25. The van der Waals surface area contributed by atoms with E-state index in [0.29, 0.717) is 6.54 Å². The number of hydrogen-bond donors (Lipinski definition) is 2. The number of nitrogens with one attached hydrogen (secondary N) is 1. The molecule has 1 aromatic rings. The highest BCUT2D eigenvalue weighted by molar-refractivity contribution is 5.02. The van der Waals surface area contributed by atoms with Gasteiger partial charge in [0.25, 0.3) is 0 Å². The molecule has 0 aliphatic rings. The van der Waals surface area contributed by atoms with Crippen molar-refractivity contribution in [1.82, 2.24) is 5.32 Å². The van der Waals surface area contributed by atoms with Crippen molar-refractivity contribution in [3.05, 3.63) is 24.2 Å². The summed E-state index contributed by atoms with van der Waals surface area (Å²) in [6, 6.07) is 3.97. The minimum Gasteiger partial charge on any atom is -0.468 e. The summed E-state index contributed by atoms with van der Waals surface area (Å²) in [5, 5.41) is 12.7. The molecule has 0 radical (unpaired) electrons. The lowest BCUT2D eigenvalue weighted by molar-refractivity contribution is 0.156. The Bertz CT molecular complexity index is 233. The van der Waals surface area contributed by atoms with Crippen LogP contribution in [0.3, 0.4) is 0 Å². The molecule has 0 spiro atoms. The number of aliphatic hydroxyl groups is 1. The van der Waals surface area contributed by atoms with Gasteiger partial charge in [-0.3, -0.25) is 0 Å². The zero-order valence-corrected chi connectivity index (χ0v) is 8.86. The molecular formula is C11H19NO2. The molecule has 2 N–H and O–H groups in total. The van der Waals surface area contributed by atoms with Crippen molar-refractivity contribution in [3.63, 3.8) is 0 Å². The molecule has 0 fully saturated rings. The van der Waals surface area contributed by atoms with Gasteiger partial charge in [-0.15, -0.1) is 0 Å². The van der Waals surface area contributed by atoms with E-state index in [2.05, 4.69) is 12.2 Å². The topological polar surface area (TPSA) is 45.4 Å². The zero-order chi connectivity index (χ0) is 10.4. The summed E-state index contributed by atoms with van der Waals surface area (Å²) in [6.07, 6.45) is 3.27. The highest BCUT2D eigenvalue weighted by atomic mass is 16.3. The van der Waals surface area contributed by atoms with Gasteiger partial charge in [-0.1, -0.05) is 13.3 Å². The lowest BCUT2D eigenvalue weighted by atomic mass is 10.2. The predicted molar refractivity (Wildman–Crippen MR) is 56.0 cm³/mol.